The minimum Gasteiger partial charge on any atom is -0.351 e. The van der Waals surface area contributed by atoms with Gasteiger partial charge in [-0.1, -0.05) is 0 Å². The first-order chi connectivity index (χ1) is 10.8. The van der Waals surface area contributed by atoms with Crippen LogP contribution in [0.3, 0.4) is 0 Å². The largest absolute Gasteiger partial charge is 0.351 e. The van der Waals surface area contributed by atoms with Crippen LogP contribution in [0.2, 0.25) is 0 Å². The summed E-state index contributed by atoms with van der Waals surface area (Å²) in [6.45, 7) is 1.69. The van der Waals surface area contributed by atoms with E-state index in [4.69, 9.17) is 0 Å². The van der Waals surface area contributed by atoms with Crippen molar-refractivity contribution in [3.8, 4) is 0 Å². The first-order valence-corrected chi connectivity index (χ1v) is 7.51. The summed E-state index contributed by atoms with van der Waals surface area (Å²) in [6, 6.07) is 5.68. The van der Waals surface area contributed by atoms with E-state index in [1.165, 1.54) is 0 Å². The molecule has 1 aliphatic heterocycles. The summed E-state index contributed by atoms with van der Waals surface area (Å²) < 4.78 is 0. The molecule has 114 valence electrons. The first kappa shape index (κ1) is 14.4. The summed E-state index contributed by atoms with van der Waals surface area (Å²) in [6.07, 6.45) is 9.31. The first-order valence-electron chi connectivity index (χ1n) is 7.51. The van der Waals surface area contributed by atoms with Crippen LogP contribution in [0.1, 0.15) is 18.4 Å². The molecule has 1 aliphatic rings. The van der Waals surface area contributed by atoms with Gasteiger partial charge >= 0.3 is 0 Å². The monoisotopic (exact) mass is 297 g/mol. The molecule has 0 unspecified atom stereocenters. The third-order valence-electron chi connectivity index (χ3n) is 3.74. The molecule has 1 atom stereocenters. The Balaban J connectivity index is 1.55. The van der Waals surface area contributed by atoms with Crippen LogP contribution in [0, 0.1) is 0 Å². The number of piperidine rings is 1. The fraction of sp³-hybridized carbons (Fsp3) is 0.375. The third-order valence-corrected chi connectivity index (χ3v) is 3.74. The van der Waals surface area contributed by atoms with Crippen LogP contribution in [-0.4, -0.2) is 40.0 Å². The van der Waals surface area contributed by atoms with E-state index in [9.17, 15) is 4.79 Å². The van der Waals surface area contributed by atoms with E-state index in [2.05, 4.69) is 25.2 Å². The number of nitrogens with zero attached hydrogens (tertiary/aromatic N) is 4. The molecule has 1 fully saturated rings. The molecule has 22 heavy (non-hydrogen) atoms. The number of hydrogen-bond donors (Lipinski definition) is 1. The summed E-state index contributed by atoms with van der Waals surface area (Å²) >= 11 is 0. The maximum atomic E-state index is 12.1. The number of nitrogens with one attached hydrogen (secondary N) is 1. The van der Waals surface area contributed by atoms with Crippen LogP contribution in [0.15, 0.2) is 43.0 Å². The van der Waals surface area contributed by atoms with Crippen molar-refractivity contribution in [1.82, 2.24) is 20.3 Å². The second kappa shape index (κ2) is 6.98. The SMILES string of the molecule is O=C(Cc1ccncc1)N[C@@H]1CCCN(c2ncccn2)C1. The molecular formula is C16H19N5O. The molecule has 0 aromatic carbocycles. The highest BCUT2D eigenvalue weighted by molar-refractivity contribution is 5.78. The highest BCUT2D eigenvalue weighted by atomic mass is 16.1. The smallest absolute Gasteiger partial charge is 0.225 e. The van der Waals surface area contributed by atoms with E-state index < -0.39 is 0 Å². The van der Waals surface area contributed by atoms with E-state index in [1.807, 2.05) is 12.1 Å². The van der Waals surface area contributed by atoms with Crippen molar-refractivity contribution < 1.29 is 4.79 Å². The van der Waals surface area contributed by atoms with E-state index in [0.717, 1.165) is 37.4 Å². The van der Waals surface area contributed by atoms with Crippen molar-refractivity contribution >= 4 is 11.9 Å². The Bertz CT molecular complexity index is 604. The Hall–Kier alpha value is -2.50. The normalized spacial score (nSPS) is 18.0. The van der Waals surface area contributed by atoms with Gasteiger partial charge in [0.05, 0.1) is 6.42 Å². The zero-order chi connectivity index (χ0) is 15.2. The molecule has 0 bridgehead atoms. The lowest BCUT2D eigenvalue weighted by Gasteiger charge is -2.33. The van der Waals surface area contributed by atoms with Crippen LogP contribution in [-0.2, 0) is 11.2 Å². The number of aromatic nitrogens is 3. The van der Waals surface area contributed by atoms with Crippen molar-refractivity contribution in [2.45, 2.75) is 25.3 Å². The Labute approximate surface area is 129 Å². The maximum Gasteiger partial charge on any atom is 0.225 e. The molecule has 2 aromatic heterocycles. The number of hydrogen-bond acceptors (Lipinski definition) is 5. The van der Waals surface area contributed by atoms with Gasteiger partial charge in [-0.2, -0.15) is 0 Å². The highest BCUT2D eigenvalue weighted by Gasteiger charge is 2.22. The molecule has 6 heteroatoms. The van der Waals surface area contributed by atoms with Gasteiger partial charge < -0.3 is 10.2 Å². The van der Waals surface area contributed by atoms with Crippen LogP contribution in [0.5, 0.6) is 0 Å². The van der Waals surface area contributed by atoms with Crippen molar-refractivity contribution in [2.24, 2.45) is 0 Å². The molecule has 0 saturated carbocycles. The second-order valence-corrected chi connectivity index (χ2v) is 5.43. The van der Waals surface area contributed by atoms with Gasteiger partial charge in [-0.15, -0.1) is 0 Å². The minimum atomic E-state index is 0.0482. The molecule has 0 aliphatic carbocycles. The minimum absolute atomic E-state index is 0.0482. The summed E-state index contributed by atoms with van der Waals surface area (Å²) in [7, 11) is 0. The van der Waals surface area contributed by atoms with Gasteiger partial charge in [0, 0.05) is 43.9 Å². The molecule has 6 nitrogen and oxygen atoms in total. The summed E-state index contributed by atoms with van der Waals surface area (Å²) in [5, 5.41) is 3.11. The number of carbonyl (C=O) groups excluding carboxylic acids is 1. The lowest BCUT2D eigenvalue weighted by molar-refractivity contribution is -0.121. The van der Waals surface area contributed by atoms with Gasteiger partial charge in [-0.05, 0) is 36.6 Å². The molecule has 0 radical (unpaired) electrons. The van der Waals surface area contributed by atoms with Crippen molar-refractivity contribution in [3.05, 3.63) is 48.5 Å². The van der Waals surface area contributed by atoms with E-state index in [-0.39, 0.29) is 11.9 Å². The van der Waals surface area contributed by atoms with E-state index in [1.54, 1.807) is 30.9 Å². The Morgan fingerprint density at radius 3 is 2.77 bits per heavy atom. The Morgan fingerprint density at radius 1 is 1.23 bits per heavy atom. The lowest BCUT2D eigenvalue weighted by atomic mass is 10.1. The number of carbonyl (C=O) groups is 1. The zero-order valence-corrected chi connectivity index (χ0v) is 12.4. The molecule has 2 aromatic rings. The molecule has 3 rings (SSSR count). The number of amides is 1. The summed E-state index contributed by atoms with van der Waals surface area (Å²) in [5.74, 6) is 0.780. The second-order valence-electron chi connectivity index (χ2n) is 5.43. The molecule has 1 amide bonds. The fourth-order valence-electron chi connectivity index (χ4n) is 2.70. The predicted octanol–water partition coefficient (Wildman–Crippen LogP) is 1.20. The third kappa shape index (κ3) is 3.78. The summed E-state index contributed by atoms with van der Waals surface area (Å²) in [4.78, 5) is 26.8. The molecule has 1 N–H and O–H groups in total. The van der Waals surface area contributed by atoms with Gasteiger partial charge in [0.1, 0.15) is 0 Å². The van der Waals surface area contributed by atoms with Crippen LogP contribution in [0.25, 0.3) is 0 Å². The molecule has 0 spiro atoms. The average Bonchev–Trinajstić information content (AvgIpc) is 2.57. The van der Waals surface area contributed by atoms with Crippen molar-refractivity contribution in [3.63, 3.8) is 0 Å². The molecule has 1 saturated heterocycles. The van der Waals surface area contributed by atoms with Crippen molar-refractivity contribution in [1.29, 1.82) is 0 Å². The standard InChI is InChI=1S/C16H19N5O/c22-15(11-13-4-8-17-9-5-13)20-14-3-1-10-21(12-14)16-18-6-2-7-19-16/h2,4-9,14H,1,3,10-12H2,(H,20,22)/t14-/m1/s1. The predicted molar refractivity (Wildman–Crippen MR) is 83.4 cm³/mol. The highest BCUT2D eigenvalue weighted by Crippen LogP contribution is 2.15. The van der Waals surface area contributed by atoms with Crippen LogP contribution >= 0.6 is 0 Å². The van der Waals surface area contributed by atoms with Gasteiger partial charge in [-0.25, -0.2) is 9.97 Å². The van der Waals surface area contributed by atoms with E-state index in [0.29, 0.717) is 6.42 Å². The quantitative estimate of drug-likeness (QED) is 0.918. The molecule has 3 heterocycles. The van der Waals surface area contributed by atoms with Crippen molar-refractivity contribution in [2.75, 3.05) is 18.0 Å². The van der Waals surface area contributed by atoms with Gasteiger partial charge in [-0.3, -0.25) is 9.78 Å². The molecular weight excluding hydrogens is 278 g/mol. The number of pyridine rings is 1. The van der Waals surface area contributed by atoms with Gasteiger partial charge in [0.2, 0.25) is 11.9 Å². The summed E-state index contributed by atoms with van der Waals surface area (Å²) in [5.41, 5.74) is 0.978. The fourth-order valence-corrected chi connectivity index (χ4v) is 2.70. The number of rotatable bonds is 4. The Kier molecular flexibility index (Phi) is 4.58. The van der Waals surface area contributed by atoms with E-state index >= 15 is 0 Å². The topological polar surface area (TPSA) is 71.0 Å². The Morgan fingerprint density at radius 2 is 2.00 bits per heavy atom. The number of anilines is 1. The lowest BCUT2D eigenvalue weighted by Crippen LogP contribution is -2.48. The van der Waals surface area contributed by atoms with Crippen LogP contribution < -0.4 is 10.2 Å². The maximum absolute atomic E-state index is 12.1. The zero-order valence-electron chi connectivity index (χ0n) is 12.4. The van der Waals surface area contributed by atoms with Gasteiger partial charge in [0.15, 0.2) is 0 Å². The van der Waals surface area contributed by atoms with Gasteiger partial charge in [0.25, 0.3) is 0 Å². The average molecular weight is 297 g/mol. The van der Waals surface area contributed by atoms with Crippen LogP contribution in [0.4, 0.5) is 5.95 Å².